The topological polar surface area (TPSA) is 114 Å². The highest BCUT2D eigenvalue weighted by Crippen LogP contribution is 2.31. The van der Waals surface area contributed by atoms with Crippen molar-refractivity contribution in [2.75, 3.05) is 25.7 Å². The van der Waals surface area contributed by atoms with E-state index in [1.54, 1.807) is 25.2 Å². The number of benzene rings is 2. The quantitative estimate of drug-likeness (QED) is 0.594. The first-order valence-electron chi connectivity index (χ1n) is 9.98. The SMILES string of the molecule is COC(=O)c1ccc2c(c1)N(C)C(=O)C(NC(=O)c1cc(Cc3ccccc3)[nH]n1)CO2. The van der Waals surface area contributed by atoms with Crippen molar-refractivity contribution in [1.82, 2.24) is 15.5 Å². The molecule has 9 nitrogen and oxygen atoms in total. The minimum Gasteiger partial charge on any atom is -0.489 e. The Hall–Kier alpha value is -4.14. The van der Waals surface area contributed by atoms with Crippen molar-refractivity contribution in [3.63, 3.8) is 0 Å². The summed E-state index contributed by atoms with van der Waals surface area (Å²) in [6.07, 6.45) is 0.604. The second-order valence-corrected chi connectivity index (χ2v) is 7.35. The molecule has 0 saturated heterocycles. The predicted molar refractivity (Wildman–Crippen MR) is 116 cm³/mol. The van der Waals surface area contributed by atoms with Gasteiger partial charge in [0.15, 0.2) is 0 Å². The van der Waals surface area contributed by atoms with E-state index in [1.165, 1.54) is 18.1 Å². The summed E-state index contributed by atoms with van der Waals surface area (Å²) in [7, 11) is 2.84. The number of fused-ring (bicyclic) bond motifs is 1. The number of hydrogen-bond acceptors (Lipinski definition) is 6. The van der Waals surface area contributed by atoms with Crippen LogP contribution < -0.4 is 15.0 Å². The van der Waals surface area contributed by atoms with Gasteiger partial charge in [0.2, 0.25) is 0 Å². The molecule has 0 radical (unpaired) electrons. The number of carbonyl (C=O) groups is 3. The Kier molecular flexibility index (Phi) is 5.89. The number of rotatable bonds is 5. The van der Waals surface area contributed by atoms with Crippen LogP contribution in [0.2, 0.25) is 0 Å². The second kappa shape index (κ2) is 8.93. The number of methoxy groups -OCH3 is 1. The summed E-state index contributed by atoms with van der Waals surface area (Å²) in [6.45, 7) is -0.0548. The van der Waals surface area contributed by atoms with E-state index in [1.807, 2.05) is 30.3 Å². The van der Waals surface area contributed by atoms with Crippen LogP contribution in [0.1, 0.15) is 32.1 Å². The monoisotopic (exact) mass is 434 g/mol. The molecule has 2 aromatic carbocycles. The van der Waals surface area contributed by atoms with Crippen LogP contribution in [0.15, 0.2) is 54.6 Å². The zero-order chi connectivity index (χ0) is 22.7. The van der Waals surface area contributed by atoms with Crippen molar-refractivity contribution in [3.8, 4) is 5.75 Å². The Labute approximate surface area is 184 Å². The van der Waals surface area contributed by atoms with Crippen LogP contribution in [-0.2, 0) is 16.0 Å². The summed E-state index contributed by atoms with van der Waals surface area (Å²) in [5.74, 6) is -0.959. The number of aromatic amines is 1. The number of nitrogens with zero attached hydrogens (tertiary/aromatic N) is 2. The number of H-pyrrole nitrogens is 1. The maximum atomic E-state index is 13.0. The molecule has 4 rings (SSSR count). The summed E-state index contributed by atoms with van der Waals surface area (Å²) < 4.78 is 10.5. The van der Waals surface area contributed by atoms with Crippen molar-refractivity contribution in [3.05, 3.63) is 77.1 Å². The highest BCUT2D eigenvalue weighted by molar-refractivity contribution is 6.03. The van der Waals surface area contributed by atoms with Crippen LogP contribution >= 0.6 is 0 Å². The van der Waals surface area contributed by atoms with Crippen LogP contribution in [0.4, 0.5) is 5.69 Å². The maximum absolute atomic E-state index is 13.0. The van der Waals surface area contributed by atoms with Gasteiger partial charge in [-0.2, -0.15) is 5.10 Å². The van der Waals surface area contributed by atoms with Crippen LogP contribution in [0.5, 0.6) is 5.75 Å². The summed E-state index contributed by atoms with van der Waals surface area (Å²) in [5.41, 5.74) is 2.76. The molecule has 1 aliphatic heterocycles. The number of amides is 2. The molecule has 2 heterocycles. The Morgan fingerprint density at radius 2 is 2.00 bits per heavy atom. The average Bonchev–Trinajstić information content (AvgIpc) is 3.25. The van der Waals surface area contributed by atoms with Gasteiger partial charge in [-0.1, -0.05) is 30.3 Å². The molecular weight excluding hydrogens is 412 g/mol. The number of aromatic nitrogens is 2. The van der Waals surface area contributed by atoms with Gasteiger partial charge in [-0.25, -0.2) is 4.79 Å². The van der Waals surface area contributed by atoms with Gasteiger partial charge in [-0.15, -0.1) is 0 Å². The summed E-state index contributed by atoms with van der Waals surface area (Å²) in [5, 5.41) is 9.62. The fourth-order valence-corrected chi connectivity index (χ4v) is 3.46. The molecule has 1 unspecified atom stereocenters. The van der Waals surface area contributed by atoms with Gasteiger partial charge >= 0.3 is 5.97 Å². The number of carbonyl (C=O) groups excluding carboxylic acids is 3. The van der Waals surface area contributed by atoms with E-state index in [0.29, 0.717) is 23.4 Å². The highest BCUT2D eigenvalue weighted by atomic mass is 16.5. The Morgan fingerprint density at radius 1 is 1.22 bits per heavy atom. The molecule has 1 aromatic heterocycles. The van der Waals surface area contributed by atoms with E-state index in [9.17, 15) is 14.4 Å². The molecule has 2 N–H and O–H groups in total. The molecule has 0 spiro atoms. The third-order valence-electron chi connectivity index (χ3n) is 5.18. The Bertz CT molecular complexity index is 1160. The number of anilines is 1. The first-order valence-corrected chi connectivity index (χ1v) is 9.98. The van der Waals surface area contributed by atoms with Gasteiger partial charge in [-0.05, 0) is 29.8 Å². The maximum Gasteiger partial charge on any atom is 0.337 e. The van der Waals surface area contributed by atoms with E-state index in [4.69, 9.17) is 9.47 Å². The third kappa shape index (κ3) is 4.31. The molecule has 0 aliphatic carbocycles. The van der Waals surface area contributed by atoms with E-state index in [2.05, 4.69) is 15.5 Å². The molecule has 3 aromatic rings. The van der Waals surface area contributed by atoms with Gasteiger partial charge in [0.05, 0.1) is 18.4 Å². The molecule has 9 heteroatoms. The van der Waals surface area contributed by atoms with E-state index in [0.717, 1.165) is 11.3 Å². The molecular formula is C23H22N4O5. The van der Waals surface area contributed by atoms with E-state index < -0.39 is 17.9 Å². The first kappa shape index (κ1) is 21.1. The molecule has 0 saturated carbocycles. The smallest absolute Gasteiger partial charge is 0.337 e. The fourth-order valence-electron chi connectivity index (χ4n) is 3.46. The zero-order valence-corrected chi connectivity index (χ0v) is 17.6. The van der Waals surface area contributed by atoms with E-state index >= 15 is 0 Å². The van der Waals surface area contributed by atoms with Crippen molar-refractivity contribution in [2.45, 2.75) is 12.5 Å². The molecule has 164 valence electrons. The van der Waals surface area contributed by atoms with Crippen LogP contribution in [-0.4, -0.2) is 54.8 Å². The number of nitrogens with one attached hydrogen (secondary N) is 2. The van der Waals surface area contributed by atoms with E-state index in [-0.39, 0.29) is 18.2 Å². The van der Waals surface area contributed by atoms with Crippen LogP contribution in [0, 0.1) is 0 Å². The van der Waals surface area contributed by atoms with Gasteiger partial charge in [-0.3, -0.25) is 14.7 Å². The largest absolute Gasteiger partial charge is 0.489 e. The Morgan fingerprint density at radius 3 is 2.75 bits per heavy atom. The minimum absolute atomic E-state index is 0.0548. The molecule has 32 heavy (non-hydrogen) atoms. The lowest BCUT2D eigenvalue weighted by molar-refractivity contribution is -0.120. The third-order valence-corrected chi connectivity index (χ3v) is 5.18. The number of hydrogen-bond donors (Lipinski definition) is 2. The lowest BCUT2D eigenvalue weighted by Crippen LogP contribution is -2.49. The van der Waals surface area contributed by atoms with Crippen molar-refractivity contribution in [1.29, 1.82) is 0 Å². The molecule has 0 bridgehead atoms. The molecule has 2 amide bonds. The molecule has 1 aliphatic rings. The molecule has 1 atom stereocenters. The first-order chi connectivity index (χ1) is 15.5. The van der Waals surface area contributed by atoms with Crippen molar-refractivity contribution in [2.24, 2.45) is 0 Å². The van der Waals surface area contributed by atoms with Crippen molar-refractivity contribution < 1.29 is 23.9 Å². The lowest BCUT2D eigenvalue weighted by Gasteiger charge is -2.20. The summed E-state index contributed by atoms with van der Waals surface area (Å²) >= 11 is 0. The zero-order valence-electron chi connectivity index (χ0n) is 17.6. The normalized spacial score (nSPS) is 15.4. The Balaban J connectivity index is 1.46. The van der Waals surface area contributed by atoms with Crippen molar-refractivity contribution >= 4 is 23.5 Å². The predicted octanol–water partition coefficient (Wildman–Crippen LogP) is 1.94. The minimum atomic E-state index is -0.921. The standard InChI is InChI=1S/C23H22N4O5/c1-27-19-11-15(23(30)31-2)8-9-20(19)32-13-18(22(27)29)24-21(28)17-12-16(25-26-17)10-14-6-4-3-5-7-14/h3-9,11-12,18H,10,13H2,1-2H3,(H,24,28)(H,25,26). The number of likely N-dealkylation sites (N-methyl/N-ethyl adjacent to an activating group) is 1. The van der Waals surface area contributed by atoms with Gasteiger partial charge in [0.25, 0.3) is 11.8 Å². The average molecular weight is 434 g/mol. The van der Waals surface area contributed by atoms with Crippen LogP contribution in [0.25, 0.3) is 0 Å². The number of esters is 1. The van der Waals surface area contributed by atoms with Gasteiger partial charge in [0.1, 0.15) is 24.1 Å². The lowest BCUT2D eigenvalue weighted by atomic mass is 10.1. The summed E-state index contributed by atoms with van der Waals surface area (Å²) in [6, 6.07) is 15.2. The van der Waals surface area contributed by atoms with Crippen LogP contribution in [0.3, 0.4) is 0 Å². The summed E-state index contributed by atoms with van der Waals surface area (Å²) in [4.78, 5) is 38.9. The van der Waals surface area contributed by atoms with Gasteiger partial charge < -0.3 is 19.7 Å². The highest BCUT2D eigenvalue weighted by Gasteiger charge is 2.31. The second-order valence-electron chi connectivity index (χ2n) is 7.35. The fraction of sp³-hybridized carbons (Fsp3) is 0.217. The molecule has 0 fully saturated rings. The number of ether oxygens (including phenoxy) is 2. The van der Waals surface area contributed by atoms with Gasteiger partial charge in [0, 0.05) is 19.2 Å².